The van der Waals surface area contributed by atoms with Crippen molar-refractivity contribution in [3.63, 3.8) is 0 Å². The molecule has 28 heavy (non-hydrogen) atoms. The molecule has 0 aromatic carbocycles. The Hall–Kier alpha value is -2.45. The zero-order valence-corrected chi connectivity index (χ0v) is 16.6. The van der Waals surface area contributed by atoms with Crippen molar-refractivity contribution in [1.82, 2.24) is 10.1 Å². The highest BCUT2D eigenvalue weighted by molar-refractivity contribution is 6.33. The van der Waals surface area contributed by atoms with Crippen LogP contribution in [0.25, 0.3) is 5.83 Å². The minimum atomic E-state index is -0.732. The van der Waals surface area contributed by atoms with Crippen molar-refractivity contribution in [2.45, 2.75) is 44.8 Å². The van der Waals surface area contributed by atoms with Gasteiger partial charge >= 0.3 is 0 Å². The summed E-state index contributed by atoms with van der Waals surface area (Å²) in [6.45, 7) is 9.33. The van der Waals surface area contributed by atoms with E-state index in [0.717, 1.165) is 0 Å². The van der Waals surface area contributed by atoms with E-state index in [2.05, 4.69) is 22.0 Å². The Kier molecular flexibility index (Phi) is 5.45. The minimum absolute atomic E-state index is 0.158. The van der Waals surface area contributed by atoms with E-state index in [-0.39, 0.29) is 46.6 Å². The number of pyridine rings is 1. The number of amides is 1. The average molecular weight is 409 g/mol. The lowest BCUT2D eigenvalue weighted by Crippen LogP contribution is -2.40. The van der Waals surface area contributed by atoms with E-state index < -0.39 is 18.0 Å². The molecule has 2 N–H and O–H groups in total. The number of hydrogen-bond acceptors (Lipinski definition) is 6. The molecule has 1 saturated heterocycles. The number of nitrogens with zero attached hydrogens (tertiary/aromatic N) is 3. The maximum atomic E-state index is 13.3. The van der Waals surface area contributed by atoms with Crippen molar-refractivity contribution in [3.8, 4) is 0 Å². The second-order valence-electron chi connectivity index (χ2n) is 7.81. The predicted molar refractivity (Wildman–Crippen MR) is 105 cm³/mol. The van der Waals surface area contributed by atoms with Gasteiger partial charge in [-0.1, -0.05) is 44.1 Å². The zero-order chi connectivity index (χ0) is 20.6. The summed E-state index contributed by atoms with van der Waals surface area (Å²) in [5.41, 5.74) is 0.644. The number of aromatic nitrogens is 2. The fraction of sp³-hybridized carbons (Fsp3) is 0.421. The molecule has 2 aromatic heterocycles. The molecular formula is C19H22ClFN4O3. The molecule has 2 aromatic rings. The van der Waals surface area contributed by atoms with Gasteiger partial charge in [-0.3, -0.25) is 10.1 Å². The smallest absolute Gasteiger partial charge is 0.249 e. The number of β-amino-alcohol motifs (C(OH)–C–C–N with tert-alkyl or cyclic N) is 1. The Morgan fingerprint density at radius 1 is 1.46 bits per heavy atom. The molecule has 0 saturated carbocycles. The maximum Gasteiger partial charge on any atom is 0.249 e. The molecule has 3 rings (SSSR count). The van der Waals surface area contributed by atoms with Crippen LogP contribution in [0, 0.1) is 0 Å². The molecule has 7 nitrogen and oxygen atoms in total. The van der Waals surface area contributed by atoms with Crippen molar-refractivity contribution in [2.75, 3.05) is 16.8 Å². The Morgan fingerprint density at radius 2 is 2.18 bits per heavy atom. The van der Waals surface area contributed by atoms with Gasteiger partial charge in [0.15, 0.2) is 0 Å². The number of rotatable bonds is 4. The van der Waals surface area contributed by atoms with Crippen LogP contribution in [0.5, 0.6) is 0 Å². The van der Waals surface area contributed by atoms with Gasteiger partial charge in [0, 0.05) is 36.2 Å². The van der Waals surface area contributed by atoms with Crippen molar-refractivity contribution in [2.24, 2.45) is 0 Å². The fourth-order valence-electron chi connectivity index (χ4n) is 2.98. The normalized spacial score (nSPS) is 19.7. The largest absolute Gasteiger partial charge is 0.391 e. The second kappa shape index (κ2) is 7.52. The molecule has 0 aliphatic carbocycles. The van der Waals surface area contributed by atoms with Crippen molar-refractivity contribution >= 4 is 35.0 Å². The highest BCUT2D eigenvalue weighted by Gasteiger charge is 2.38. The van der Waals surface area contributed by atoms with Gasteiger partial charge in [-0.05, 0) is 6.07 Å². The zero-order valence-electron chi connectivity index (χ0n) is 15.9. The lowest BCUT2D eigenvalue weighted by atomic mass is 9.92. The van der Waals surface area contributed by atoms with E-state index in [1.807, 2.05) is 20.8 Å². The van der Waals surface area contributed by atoms with Crippen molar-refractivity contribution in [3.05, 3.63) is 41.2 Å². The molecule has 1 amide bonds. The van der Waals surface area contributed by atoms with Crippen LogP contribution >= 0.6 is 11.6 Å². The molecule has 1 aliphatic rings. The third-order valence-electron chi connectivity index (χ3n) is 4.51. The number of carbonyl (C=O) groups excluding carboxylic acids is 1. The molecule has 0 spiro atoms. The standard InChI is InChI=1S/C19H22ClFN4O3/c1-10(21)11-5-13(20)17(22-8-11)25-9-12(26)6-14(25)18(27)23-16-7-15(24-28-16)19(2,3)4/h5,7-8,12,14,26H,1,6,9H2,2-4H3,(H,23,27). The van der Waals surface area contributed by atoms with Crippen molar-refractivity contribution < 1.29 is 18.8 Å². The van der Waals surface area contributed by atoms with Crippen LogP contribution in [-0.2, 0) is 10.2 Å². The quantitative estimate of drug-likeness (QED) is 0.804. The average Bonchev–Trinajstić information content (AvgIpc) is 3.21. The fourth-order valence-corrected chi connectivity index (χ4v) is 3.25. The summed E-state index contributed by atoms with van der Waals surface area (Å²) >= 11 is 6.23. The Bertz CT molecular complexity index is 909. The van der Waals surface area contributed by atoms with E-state index in [0.29, 0.717) is 5.69 Å². The van der Waals surface area contributed by atoms with Crippen molar-refractivity contribution in [1.29, 1.82) is 0 Å². The van der Waals surface area contributed by atoms with Gasteiger partial charge in [-0.25, -0.2) is 9.37 Å². The first-order valence-electron chi connectivity index (χ1n) is 8.79. The summed E-state index contributed by atoms with van der Waals surface area (Å²) in [5, 5.41) is 16.9. The highest BCUT2D eigenvalue weighted by atomic mass is 35.5. The van der Waals surface area contributed by atoms with Gasteiger partial charge in [-0.2, -0.15) is 0 Å². The topological polar surface area (TPSA) is 91.5 Å². The summed E-state index contributed by atoms with van der Waals surface area (Å²) in [6, 6.07) is 2.33. The Labute approximate surface area is 167 Å². The van der Waals surface area contributed by atoms with Gasteiger partial charge in [0.25, 0.3) is 0 Å². The first-order chi connectivity index (χ1) is 13.1. The summed E-state index contributed by atoms with van der Waals surface area (Å²) in [4.78, 5) is 18.5. The number of halogens is 2. The third kappa shape index (κ3) is 4.18. The SMILES string of the molecule is C=C(F)c1cnc(N2CC(O)CC2C(=O)Nc2cc(C(C)(C)C)no2)c(Cl)c1. The predicted octanol–water partition coefficient (Wildman–Crippen LogP) is 3.54. The van der Waals surface area contributed by atoms with Gasteiger partial charge in [0.05, 0.1) is 16.8 Å². The number of aliphatic hydroxyl groups excluding tert-OH is 1. The van der Waals surface area contributed by atoms with Gasteiger partial charge in [0.1, 0.15) is 17.7 Å². The summed E-state index contributed by atoms with van der Waals surface area (Å²) < 4.78 is 18.5. The molecule has 3 heterocycles. The monoisotopic (exact) mass is 408 g/mol. The molecule has 2 unspecified atom stereocenters. The summed E-state index contributed by atoms with van der Waals surface area (Å²) in [5.74, 6) is -0.530. The van der Waals surface area contributed by atoms with E-state index in [1.165, 1.54) is 12.3 Å². The number of aliphatic hydroxyl groups is 1. The van der Waals surface area contributed by atoms with Crippen LogP contribution in [0.4, 0.5) is 16.1 Å². The number of carbonyl (C=O) groups is 1. The minimum Gasteiger partial charge on any atom is -0.391 e. The summed E-state index contributed by atoms with van der Waals surface area (Å²) in [7, 11) is 0. The molecule has 1 fully saturated rings. The molecule has 0 bridgehead atoms. The first kappa shape index (κ1) is 20.3. The molecular weight excluding hydrogens is 387 g/mol. The van der Waals surface area contributed by atoms with Crippen LogP contribution in [0.2, 0.25) is 5.02 Å². The van der Waals surface area contributed by atoms with Crippen LogP contribution in [-0.4, -0.2) is 39.8 Å². The third-order valence-corrected chi connectivity index (χ3v) is 4.79. The van der Waals surface area contributed by atoms with E-state index in [4.69, 9.17) is 16.1 Å². The lowest BCUT2D eigenvalue weighted by Gasteiger charge is -2.25. The molecule has 0 radical (unpaired) electrons. The van der Waals surface area contributed by atoms with E-state index >= 15 is 0 Å². The van der Waals surface area contributed by atoms with Crippen LogP contribution in [0.3, 0.4) is 0 Å². The summed E-state index contributed by atoms with van der Waals surface area (Å²) in [6.07, 6.45) is 0.751. The number of nitrogens with one attached hydrogen (secondary N) is 1. The van der Waals surface area contributed by atoms with E-state index in [1.54, 1.807) is 11.0 Å². The maximum absolute atomic E-state index is 13.3. The van der Waals surface area contributed by atoms with Crippen LogP contribution in [0.1, 0.15) is 38.4 Å². The number of anilines is 2. The Balaban J connectivity index is 1.81. The lowest BCUT2D eigenvalue weighted by molar-refractivity contribution is -0.117. The molecule has 1 aliphatic heterocycles. The molecule has 2 atom stereocenters. The van der Waals surface area contributed by atoms with Gasteiger partial charge < -0.3 is 14.5 Å². The van der Waals surface area contributed by atoms with Gasteiger partial charge in [0.2, 0.25) is 11.8 Å². The number of hydrogen-bond donors (Lipinski definition) is 2. The van der Waals surface area contributed by atoms with Crippen LogP contribution in [0.15, 0.2) is 29.4 Å². The molecule has 9 heteroatoms. The molecule has 150 valence electrons. The van der Waals surface area contributed by atoms with E-state index in [9.17, 15) is 14.3 Å². The Morgan fingerprint density at radius 3 is 2.75 bits per heavy atom. The highest BCUT2D eigenvalue weighted by Crippen LogP contribution is 2.33. The first-order valence-corrected chi connectivity index (χ1v) is 9.17. The second-order valence-corrected chi connectivity index (χ2v) is 8.21. The van der Waals surface area contributed by atoms with Crippen LogP contribution < -0.4 is 10.2 Å². The van der Waals surface area contributed by atoms with Gasteiger partial charge in [-0.15, -0.1) is 0 Å².